The molecular formula is C31H59Cl2NO7P2PdS2+2. The molecule has 0 atom stereocenters. The fourth-order valence-corrected chi connectivity index (χ4v) is 15.8. The van der Waals surface area contributed by atoms with Crippen LogP contribution in [0.5, 0.6) is 0 Å². The molecule has 0 unspecified atom stereocenters. The van der Waals surface area contributed by atoms with Crippen LogP contribution in [0.2, 0.25) is 0 Å². The van der Waals surface area contributed by atoms with Gasteiger partial charge in [0.2, 0.25) is 5.56 Å². The molecule has 0 bridgehead atoms. The zero-order valence-electron chi connectivity index (χ0n) is 29.5. The van der Waals surface area contributed by atoms with E-state index >= 15 is 0 Å². The molecule has 0 amide bonds. The molecule has 1 heterocycles. The summed E-state index contributed by atoms with van der Waals surface area (Å²) >= 11 is -0.106. The summed E-state index contributed by atoms with van der Waals surface area (Å²) in [6, 6.07) is 11.0. The van der Waals surface area contributed by atoms with Gasteiger partial charge < -0.3 is 4.98 Å². The van der Waals surface area contributed by atoms with Crippen molar-refractivity contribution >= 4 is 66.0 Å². The van der Waals surface area contributed by atoms with Crippen molar-refractivity contribution in [3.05, 3.63) is 46.8 Å². The fraction of sp³-hybridized carbons (Fsp3) is 0.710. The number of pyridine rings is 1. The zero-order valence-corrected chi connectivity index (χ0v) is 36.2. The number of rotatable bonds is 8. The summed E-state index contributed by atoms with van der Waals surface area (Å²) in [5.74, 6) is -0.208. The van der Waals surface area contributed by atoms with Gasteiger partial charge in [-0.25, -0.2) is 0 Å². The molecule has 2 aromatic rings. The molecule has 0 aliphatic carbocycles. The van der Waals surface area contributed by atoms with E-state index in [2.05, 4.69) is 88.1 Å². The Morgan fingerprint density at radius 2 is 0.978 bits per heavy atom. The van der Waals surface area contributed by atoms with Crippen LogP contribution in [-0.4, -0.2) is 75.4 Å². The van der Waals surface area contributed by atoms with Crippen molar-refractivity contribution in [2.24, 2.45) is 0 Å². The summed E-state index contributed by atoms with van der Waals surface area (Å²) in [5.41, 5.74) is 0.837. The standard InChI is InChI=1S/2C11H25O3PS.C9H7NO.2ClH.Pd/c2*1-10(2,3)15(11(4,5)6)8-7-9-16(12,13)14;11-9-6-5-7-3-1-2-4-8(7)10-9;;;/h2*7-9H2,1-6H3,(H,12,13,14);1-6H,(H,10,11);2*1H;/q;;;;;+2. The van der Waals surface area contributed by atoms with Gasteiger partial charge in [-0.3, -0.25) is 13.9 Å². The summed E-state index contributed by atoms with van der Waals surface area (Å²) in [6.45, 7) is 26.7. The predicted molar refractivity (Wildman–Crippen MR) is 204 cm³/mol. The maximum absolute atomic E-state index is 10.8. The number of aromatic nitrogens is 1. The summed E-state index contributed by atoms with van der Waals surface area (Å²) in [6.07, 6.45) is 3.00. The quantitative estimate of drug-likeness (QED) is 0.137. The van der Waals surface area contributed by atoms with Crippen molar-refractivity contribution in [1.29, 1.82) is 0 Å². The number of benzene rings is 1. The summed E-state index contributed by atoms with van der Waals surface area (Å²) in [5, 5.41) is 2.07. The van der Waals surface area contributed by atoms with Crippen LogP contribution in [0.15, 0.2) is 41.2 Å². The molecule has 0 saturated heterocycles. The molecule has 0 radical (unpaired) electrons. The molecule has 3 N–H and O–H groups in total. The van der Waals surface area contributed by atoms with E-state index < -0.39 is 36.1 Å². The summed E-state index contributed by atoms with van der Waals surface area (Å²) < 4.78 is 60.2. The van der Waals surface area contributed by atoms with Gasteiger partial charge in [0.25, 0.3) is 20.2 Å². The normalized spacial score (nSPS) is 13.0. The maximum atomic E-state index is 10.8. The molecule has 2 rings (SSSR count). The molecule has 1 aromatic heterocycles. The van der Waals surface area contributed by atoms with Crippen LogP contribution in [0.3, 0.4) is 0 Å². The van der Waals surface area contributed by atoms with Crippen LogP contribution in [0, 0.1) is 0 Å². The first-order valence-electron chi connectivity index (χ1n) is 15.0. The van der Waals surface area contributed by atoms with E-state index in [4.69, 9.17) is 28.2 Å². The predicted octanol–water partition coefficient (Wildman–Crippen LogP) is 9.06. The topological polar surface area (TPSA) is 142 Å². The first-order valence-corrected chi connectivity index (χ1v) is 25.6. The Labute approximate surface area is 298 Å². The molecule has 0 aliphatic heterocycles. The SMILES string of the molecule is CC(C)(C)[PH+](CCCS(=O)(=O)O)C(C)(C)C.CC(C)(C)[PH+](CCCS(=O)(=O)O)C(C)(C)C.O=c1ccc2ccccc2[nH]1.[Cl][Pd][Cl]. The van der Waals surface area contributed by atoms with Gasteiger partial charge in [-0.1, -0.05) is 18.2 Å². The molecule has 274 valence electrons. The van der Waals surface area contributed by atoms with Crippen LogP contribution >= 0.6 is 34.9 Å². The first-order chi connectivity index (χ1) is 20.5. The third-order valence-corrected chi connectivity index (χ3v) is 17.5. The van der Waals surface area contributed by atoms with E-state index in [9.17, 15) is 21.6 Å². The number of H-pyrrole nitrogens is 1. The first kappa shape index (κ1) is 48.5. The van der Waals surface area contributed by atoms with Crippen LogP contribution in [-0.2, 0) is 36.2 Å². The fourth-order valence-electron chi connectivity index (χ4n) is 5.71. The molecule has 0 spiro atoms. The molecular weight excluding hydrogens is 802 g/mol. The average molecular weight is 861 g/mol. The summed E-state index contributed by atoms with van der Waals surface area (Å²) in [7, 11) is 0.692. The second-order valence-electron chi connectivity index (χ2n) is 15.2. The van der Waals surface area contributed by atoms with Gasteiger partial charge in [0, 0.05) is 27.4 Å². The molecule has 46 heavy (non-hydrogen) atoms. The van der Waals surface area contributed by atoms with Gasteiger partial charge in [0.05, 0.1) is 44.5 Å². The number of hydrogen-bond donors (Lipinski definition) is 3. The average Bonchev–Trinajstić information content (AvgIpc) is 2.81. The molecule has 8 nitrogen and oxygen atoms in total. The van der Waals surface area contributed by atoms with E-state index in [1.807, 2.05) is 30.3 Å². The Balaban J connectivity index is 0. The Morgan fingerprint density at radius 1 is 0.652 bits per heavy atom. The molecule has 0 aliphatic rings. The Bertz CT molecular complexity index is 1340. The minimum absolute atomic E-state index is 0.0521. The number of aromatic amines is 1. The van der Waals surface area contributed by atoms with Crippen LogP contribution < -0.4 is 5.56 Å². The molecule has 0 saturated carbocycles. The zero-order chi connectivity index (χ0) is 36.8. The number of hydrogen-bond acceptors (Lipinski definition) is 5. The number of nitrogens with one attached hydrogen (secondary N) is 1. The van der Waals surface area contributed by atoms with Crippen molar-refractivity contribution in [3.8, 4) is 0 Å². The third-order valence-electron chi connectivity index (χ3n) is 6.91. The Hall–Kier alpha value is 0.352. The minimum atomic E-state index is -3.79. The van der Waals surface area contributed by atoms with Crippen molar-refractivity contribution in [1.82, 2.24) is 4.98 Å². The van der Waals surface area contributed by atoms with Crippen LogP contribution in [0.1, 0.15) is 95.9 Å². The van der Waals surface area contributed by atoms with Crippen molar-refractivity contribution in [2.75, 3.05) is 23.8 Å². The van der Waals surface area contributed by atoms with Crippen molar-refractivity contribution < 1.29 is 41.9 Å². The second-order valence-corrected chi connectivity index (χ2v) is 29.6. The van der Waals surface area contributed by atoms with Crippen molar-refractivity contribution in [3.63, 3.8) is 0 Å². The third kappa shape index (κ3) is 24.5. The van der Waals surface area contributed by atoms with Crippen LogP contribution in [0.25, 0.3) is 10.9 Å². The molecule has 15 heteroatoms. The van der Waals surface area contributed by atoms with E-state index in [-0.39, 0.29) is 53.6 Å². The van der Waals surface area contributed by atoms with Gasteiger partial charge in [-0.15, -0.1) is 0 Å². The van der Waals surface area contributed by atoms with E-state index in [0.717, 1.165) is 23.2 Å². The number of fused-ring (bicyclic) bond motifs is 1. The number of halogens is 2. The van der Waals surface area contributed by atoms with Crippen LogP contribution in [0.4, 0.5) is 0 Å². The van der Waals surface area contributed by atoms with Gasteiger partial charge in [-0.2, -0.15) is 16.8 Å². The van der Waals surface area contributed by atoms with Gasteiger partial charge in [0.1, 0.15) is 0 Å². The second kappa shape index (κ2) is 20.9. The van der Waals surface area contributed by atoms with E-state index in [0.29, 0.717) is 12.8 Å². The van der Waals surface area contributed by atoms with Gasteiger partial charge in [0.15, 0.2) is 0 Å². The Morgan fingerprint density at radius 3 is 1.28 bits per heavy atom. The van der Waals surface area contributed by atoms with E-state index in [1.165, 1.54) is 6.07 Å². The van der Waals surface area contributed by atoms with Gasteiger partial charge >= 0.3 is 35.0 Å². The Kier molecular flexibility index (Phi) is 22.0. The van der Waals surface area contributed by atoms with Crippen molar-refractivity contribution in [2.45, 2.75) is 117 Å². The monoisotopic (exact) mass is 859 g/mol. The number of para-hydroxylation sites is 1. The summed E-state index contributed by atoms with van der Waals surface area (Å²) in [4.78, 5) is 13.6. The van der Waals surface area contributed by atoms with E-state index in [1.54, 1.807) is 0 Å². The molecule has 0 fully saturated rings. The molecule has 1 aromatic carbocycles. The van der Waals surface area contributed by atoms with Gasteiger partial charge in [-0.05, 0) is 113 Å².